The zero-order valence-corrected chi connectivity index (χ0v) is 13.5. The summed E-state index contributed by atoms with van der Waals surface area (Å²) in [5.41, 5.74) is 4.42. The Morgan fingerprint density at radius 3 is 2.04 bits per heavy atom. The van der Waals surface area contributed by atoms with Crippen LogP contribution >= 0.6 is 0 Å². The first-order chi connectivity index (χ1) is 11.6. The van der Waals surface area contributed by atoms with Crippen LogP contribution in [-0.2, 0) is 0 Å². The number of nitrogens with one attached hydrogen (secondary N) is 1. The molecule has 1 aromatic heterocycles. The van der Waals surface area contributed by atoms with Crippen LogP contribution in [0.25, 0.3) is 0 Å². The summed E-state index contributed by atoms with van der Waals surface area (Å²) < 4.78 is 7.19. The highest BCUT2D eigenvalue weighted by molar-refractivity contribution is 5.99. The monoisotopic (exact) mass is 322 g/mol. The molecule has 0 spiro atoms. The molecule has 0 saturated carbocycles. The summed E-state index contributed by atoms with van der Waals surface area (Å²) in [6.45, 7) is 4.30. The maximum Gasteiger partial charge on any atom is 0.270 e. The number of ether oxygens (including phenoxy) is 1. The molecule has 6 nitrogen and oxygen atoms in total. The van der Waals surface area contributed by atoms with Crippen LogP contribution in [0.5, 0.6) is 11.5 Å². The van der Waals surface area contributed by atoms with Crippen molar-refractivity contribution in [3.63, 3.8) is 0 Å². The van der Waals surface area contributed by atoms with E-state index in [0.29, 0.717) is 17.2 Å². The van der Waals surface area contributed by atoms with Gasteiger partial charge in [-0.25, -0.2) is 4.68 Å². The van der Waals surface area contributed by atoms with Crippen molar-refractivity contribution in [1.82, 2.24) is 14.9 Å². The fraction of sp³-hybridized carbons (Fsp3) is 0.167. The maximum atomic E-state index is 12.1. The van der Waals surface area contributed by atoms with Gasteiger partial charge in [0.15, 0.2) is 0 Å². The molecule has 0 aliphatic heterocycles. The molecule has 0 aliphatic carbocycles. The quantitative estimate of drug-likeness (QED) is 0.779. The lowest BCUT2D eigenvalue weighted by molar-refractivity contribution is 0.101. The van der Waals surface area contributed by atoms with Gasteiger partial charge in [-0.15, -0.1) is 10.2 Å². The van der Waals surface area contributed by atoms with Crippen LogP contribution in [-0.4, -0.2) is 20.8 Å². The molecule has 2 aromatic carbocycles. The first kappa shape index (κ1) is 15.7. The molecule has 0 radical (unpaired) electrons. The number of hydrogen-bond donors (Lipinski definition) is 1. The lowest BCUT2D eigenvalue weighted by Crippen LogP contribution is -2.21. The SMILES string of the molecule is CC(C)c1ccc(Oc2ccc(C(=O)Nn3cnnc3)cc2)cc1. The number of carbonyl (C=O) groups is 1. The summed E-state index contributed by atoms with van der Waals surface area (Å²) in [5.74, 6) is 1.68. The number of benzene rings is 2. The summed E-state index contributed by atoms with van der Waals surface area (Å²) in [5, 5.41) is 7.25. The van der Waals surface area contributed by atoms with Crippen molar-refractivity contribution >= 4 is 5.91 Å². The highest BCUT2D eigenvalue weighted by Crippen LogP contribution is 2.24. The summed E-state index contributed by atoms with van der Waals surface area (Å²) in [6.07, 6.45) is 2.83. The van der Waals surface area contributed by atoms with Gasteiger partial charge in [0.25, 0.3) is 5.91 Å². The minimum absolute atomic E-state index is 0.248. The average Bonchev–Trinajstić information content (AvgIpc) is 3.09. The average molecular weight is 322 g/mol. The molecule has 3 rings (SSSR count). The second-order valence-electron chi connectivity index (χ2n) is 5.66. The first-order valence-electron chi connectivity index (χ1n) is 7.65. The van der Waals surface area contributed by atoms with Crippen molar-refractivity contribution in [1.29, 1.82) is 0 Å². The van der Waals surface area contributed by atoms with Crippen molar-refractivity contribution in [3.05, 3.63) is 72.3 Å². The van der Waals surface area contributed by atoms with Gasteiger partial charge >= 0.3 is 0 Å². The molecule has 1 N–H and O–H groups in total. The zero-order valence-electron chi connectivity index (χ0n) is 13.5. The van der Waals surface area contributed by atoms with E-state index in [0.717, 1.165) is 5.75 Å². The largest absolute Gasteiger partial charge is 0.457 e. The Labute approximate surface area is 140 Å². The van der Waals surface area contributed by atoms with Gasteiger partial charge in [0, 0.05) is 5.56 Å². The molecular weight excluding hydrogens is 304 g/mol. The molecule has 6 heteroatoms. The molecule has 122 valence electrons. The van der Waals surface area contributed by atoms with Gasteiger partial charge < -0.3 is 4.74 Å². The predicted octanol–water partition coefficient (Wildman–Crippen LogP) is 3.58. The molecule has 0 saturated heterocycles. The van der Waals surface area contributed by atoms with E-state index in [1.807, 2.05) is 12.1 Å². The van der Waals surface area contributed by atoms with Gasteiger partial charge in [0.1, 0.15) is 24.2 Å². The fourth-order valence-electron chi connectivity index (χ4n) is 2.17. The third kappa shape index (κ3) is 3.78. The molecule has 0 atom stereocenters. The van der Waals surface area contributed by atoms with Crippen LogP contribution in [0.2, 0.25) is 0 Å². The van der Waals surface area contributed by atoms with E-state index >= 15 is 0 Å². The van der Waals surface area contributed by atoms with E-state index < -0.39 is 0 Å². The van der Waals surface area contributed by atoms with Crippen LogP contribution in [0.1, 0.15) is 35.7 Å². The van der Waals surface area contributed by atoms with E-state index in [1.54, 1.807) is 24.3 Å². The minimum Gasteiger partial charge on any atom is -0.457 e. The molecule has 0 fully saturated rings. The van der Waals surface area contributed by atoms with E-state index in [9.17, 15) is 4.79 Å². The molecule has 1 amide bonds. The number of carbonyl (C=O) groups excluding carboxylic acids is 1. The number of aromatic nitrogens is 3. The van der Waals surface area contributed by atoms with Crippen molar-refractivity contribution in [2.24, 2.45) is 0 Å². The van der Waals surface area contributed by atoms with Gasteiger partial charge in [-0.05, 0) is 47.9 Å². The Balaban J connectivity index is 1.64. The fourth-order valence-corrected chi connectivity index (χ4v) is 2.17. The normalized spacial score (nSPS) is 10.6. The van der Waals surface area contributed by atoms with Gasteiger partial charge in [0.2, 0.25) is 0 Å². The van der Waals surface area contributed by atoms with Crippen molar-refractivity contribution < 1.29 is 9.53 Å². The van der Waals surface area contributed by atoms with E-state index in [1.165, 1.54) is 22.9 Å². The standard InChI is InChI=1S/C18H18N4O2/c1-13(2)14-3-7-16(8-4-14)24-17-9-5-15(6-10-17)18(23)21-22-11-19-20-12-22/h3-13H,1-2H3,(H,21,23). The number of nitrogens with zero attached hydrogens (tertiary/aromatic N) is 3. The topological polar surface area (TPSA) is 69.0 Å². The van der Waals surface area contributed by atoms with Gasteiger partial charge in [0.05, 0.1) is 0 Å². The number of rotatable bonds is 5. The first-order valence-corrected chi connectivity index (χ1v) is 7.65. The zero-order chi connectivity index (χ0) is 16.9. The van der Waals surface area contributed by atoms with Crippen LogP contribution in [0.4, 0.5) is 0 Å². The highest BCUT2D eigenvalue weighted by Gasteiger charge is 2.07. The Morgan fingerprint density at radius 2 is 1.50 bits per heavy atom. The summed E-state index contributed by atoms with van der Waals surface area (Å²) in [7, 11) is 0. The Morgan fingerprint density at radius 1 is 0.958 bits per heavy atom. The third-order valence-electron chi connectivity index (χ3n) is 3.55. The molecular formula is C18H18N4O2. The van der Waals surface area contributed by atoms with Crippen LogP contribution in [0.15, 0.2) is 61.2 Å². The molecule has 0 unspecified atom stereocenters. The molecule has 1 heterocycles. The van der Waals surface area contributed by atoms with Gasteiger partial charge in [-0.1, -0.05) is 26.0 Å². The van der Waals surface area contributed by atoms with Gasteiger partial charge in [-0.3, -0.25) is 10.2 Å². The summed E-state index contributed by atoms with van der Waals surface area (Å²) >= 11 is 0. The van der Waals surface area contributed by atoms with Crippen LogP contribution in [0, 0.1) is 0 Å². The number of hydrogen-bond acceptors (Lipinski definition) is 4. The van der Waals surface area contributed by atoms with Crippen LogP contribution in [0.3, 0.4) is 0 Å². The molecule has 0 bridgehead atoms. The molecule has 24 heavy (non-hydrogen) atoms. The van der Waals surface area contributed by atoms with Crippen LogP contribution < -0.4 is 10.2 Å². The second kappa shape index (κ2) is 6.95. The maximum absolute atomic E-state index is 12.1. The third-order valence-corrected chi connectivity index (χ3v) is 3.55. The van der Waals surface area contributed by atoms with E-state index in [-0.39, 0.29) is 5.91 Å². The van der Waals surface area contributed by atoms with Crippen molar-refractivity contribution in [2.75, 3.05) is 5.43 Å². The highest BCUT2D eigenvalue weighted by atomic mass is 16.5. The summed E-state index contributed by atoms with van der Waals surface area (Å²) in [6, 6.07) is 14.9. The second-order valence-corrected chi connectivity index (χ2v) is 5.66. The Kier molecular flexibility index (Phi) is 4.56. The molecule has 3 aromatic rings. The summed E-state index contributed by atoms with van der Waals surface area (Å²) in [4.78, 5) is 12.1. The van der Waals surface area contributed by atoms with Gasteiger partial charge in [-0.2, -0.15) is 0 Å². The van der Waals surface area contributed by atoms with Crippen molar-refractivity contribution in [3.8, 4) is 11.5 Å². The number of amides is 1. The molecule has 0 aliphatic rings. The van der Waals surface area contributed by atoms with E-state index in [2.05, 4.69) is 41.6 Å². The Hall–Kier alpha value is -3.15. The van der Waals surface area contributed by atoms with E-state index in [4.69, 9.17) is 4.74 Å². The lowest BCUT2D eigenvalue weighted by Gasteiger charge is -2.09. The van der Waals surface area contributed by atoms with Crippen molar-refractivity contribution in [2.45, 2.75) is 19.8 Å². The predicted molar refractivity (Wildman–Crippen MR) is 90.8 cm³/mol. The minimum atomic E-state index is -0.248. The Bertz CT molecular complexity index is 794. The smallest absolute Gasteiger partial charge is 0.270 e. The lowest BCUT2D eigenvalue weighted by atomic mass is 10.0.